The molecule has 1 amide bonds. The van der Waals surface area contributed by atoms with E-state index in [0.717, 1.165) is 17.3 Å². The summed E-state index contributed by atoms with van der Waals surface area (Å²) >= 11 is 0. The summed E-state index contributed by atoms with van der Waals surface area (Å²) in [5.74, 6) is 1.02. The molecule has 36 heavy (non-hydrogen) atoms. The zero-order chi connectivity index (χ0) is 25.7. The van der Waals surface area contributed by atoms with Crippen LogP contribution >= 0.6 is 0 Å². The quantitative estimate of drug-likeness (QED) is 0.681. The van der Waals surface area contributed by atoms with Gasteiger partial charge >= 0.3 is 6.18 Å². The van der Waals surface area contributed by atoms with Gasteiger partial charge in [-0.3, -0.25) is 4.79 Å². The van der Waals surface area contributed by atoms with Crippen LogP contribution in [-0.2, 0) is 20.4 Å². The zero-order valence-corrected chi connectivity index (χ0v) is 20.6. The van der Waals surface area contributed by atoms with Gasteiger partial charge in [0, 0.05) is 51.0 Å². The second-order valence-corrected chi connectivity index (χ2v) is 9.57. The first-order valence-corrected chi connectivity index (χ1v) is 12.1. The molecular formula is C25H30F3N5O3. The van der Waals surface area contributed by atoms with Crippen molar-refractivity contribution in [2.75, 3.05) is 46.5 Å². The first-order valence-electron chi connectivity index (χ1n) is 12.1. The Morgan fingerprint density at radius 1 is 1.25 bits per heavy atom. The van der Waals surface area contributed by atoms with E-state index < -0.39 is 23.4 Å². The van der Waals surface area contributed by atoms with Gasteiger partial charge in [0.2, 0.25) is 5.96 Å². The minimum absolute atomic E-state index is 0.0819. The molecular weight excluding hydrogens is 475 g/mol. The van der Waals surface area contributed by atoms with Crippen molar-refractivity contribution in [3.8, 4) is 0 Å². The normalized spacial score (nSPS) is 22.2. The third-order valence-electron chi connectivity index (χ3n) is 7.55. The van der Waals surface area contributed by atoms with E-state index in [-0.39, 0.29) is 11.5 Å². The molecule has 0 aliphatic carbocycles. The second-order valence-electron chi connectivity index (χ2n) is 9.57. The smallest absolute Gasteiger partial charge is 0.381 e. The highest BCUT2D eigenvalue weighted by Gasteiger charge is 2.47. The third kappa shape index (κ3) is 4.17. The van der Waals surface area contributed by atoms with Crippen molar-refractivity contribution in [3.63, 3.8) is 0 Å². The van der Waals surface area contributed by atoms with E-state index in [2.05, 4.69) is 10.3 Å². The second kappa shape index (κ2) is 9.19. The maximum Gasteiger partial charge on any atom is 0.416 e. The third-order valence-corrected chi connectivity index (χ3v) is 7.55. The van der Waals surface area contributed by atoms with Crippen LogP contribution in [0.25, 0.3) is 0 Å². The number of carbonyl (C=O) groups is 1. The number of halogens is 3. The fourth-order valence-corrected chi connectivity index (χ4v) is 5.50. The predicted octanol–water partition coefficient (Wildman–Crippen LogP) is 3.04. The molecule has 0 aromatic heterocycles. The number of guanidine groups is 1. The van der Waals surface area contributed by atoms with Gasteiger partial charge in [-0.05, 0) is 31.0 Å². The van der Waals surface area contributed by atoms with Crippen molar-refractivity contribution in [1.82, 2.24) is 15.1 Å². The van der Waals surface area contributed by atoms with Gasteiger partial charge in [-0.2, -0.15) is 18.2 Å². The van der Waals surface area contributed by atoms with Crippen LogP contribution in [0.4, 0.5) is 13.2 Å². The first kappa shape index (κ1) is 24.8. The molecule has 1 saturated heterocycles. The van der Waals surface area contributed by atoms with Gasteiger partial charge in [0.15, 0.2) is 5.60 Å². The van der Waals surface area contributed by atoms with Crippen LogP contribution in [0.3, 0.4) is 0 Å². The molecule has 1 aromatic rings. The molecule has 1 N–H and O–H groups in total. The summed E-state index contributed by atoms with van der Waals surface area (Å²) in [6.45, 7) is 6.24. The lowest BCUT2D eigenvalue weighted by Crippen LogP contribution is -2.53. The number of carbonyl (C=O) groups excluding carboxylic acids is 1. The average Bonchev–Trinajstić information content (AvgIpc) is 3.50. The lowest BCUT2D eigenvalue weighted by molar-refractivity contribution is -0.165. The summed E-state index contributed by atoms with van der Waals surface area (Å²) < 4.78 is 51.6. The molecule has 5 rings (SSSR count). The molecule has 4 aliphatic heterocycles. The molecule has 4 aliphatic rings. The van der Waals surface area contributed by atoms with Crippen molar-refractivity contribution in [1.29, 1.82) is 0 Å². The minimum Gasteiger partial charge on any atom is -0.381 e. The van der Waals surface area contributed by atoms with E-state index >= 15 is 0 Å². The van der Waals surface area contributed by atoms with E-state index in [4.69, 9.17) is 14.5 Å². The molecule has 0 saturated carbocycles. The number of aliphatic imine (C=N–C) groups is 2. The molecule has 0 unspecified atom stereocenters. The predicted molar refractivity (Wildman–Crippen MR) is 128 cm³/mol. The molecule has 1 atom stereocenters. The van der Waals surface area contributed by atoms with Crippen molar-refractivity contribution < 1.29 is 27.4 Å². The van der Waals surface area contributed by atoms with Crippen molar-refractivity contribution in [2.24, 2.45) is 9.98 Å². The summed E-state index contributed by atoms with van der Waals surface area (Å²) in [6, 6.07) is 3.77. The highest BCUT2D eigenvalue weighted by atomic mass is 19.4. The highest BCUT2D eigenvalue weighted by molar-refractivity contribution is 6.10. The summed E-state index contributed by atoms with van der Waals surface area (Å²) in [7, 11) is 1.56. The van der Waals surface area contributed by atoms with E-state index in [1.807, 2.05) is 11.8 Å². The van der Waals surface area contributed by atoms with Gasteiger partial charge < -0.3 is 24.6 Å². The largest absolute Gasteiger partial charge is 0.416 e. The number of fused-ring (bicyclic) bond motifs is 2. The van der Waals surface area contributed by atoms with Gasteiger partial charge in [0.1, 0.15) is 5.84 Å². The Hall–Kier alpha value is -2.92. The fraction of sp³-hybridized carbons (Fsp3) is 0.560. The Balaban J connectivity index is 1.41. The minimum atomic E-state index is -4.43. The molecule has 0 spiro atoms. The number of hydrogen-bond acceptors (Lipinski definition) is 7. The Morgan fingerprint density at radius 3 is 2.69 bits per heavy atom. The maximum absolute atomic E-state index is 13.6. The highest BCUT2D eigenvalue weighted by Crippen LogP contribution is 2.36. The van der Waals surface area contributed by atoms with Crippen LogP contribution in [0.5, 0.6) is 0 Å². The summed E-state index contributed by atoms with van der Waals surface area (Å²) in [5.41, 5.74) is 0.964. The summed E-state index contributed by atoms with van der Waals surface area (Å²) in [5, 5.41) is 3.33. The van der Waals surface area contributed by atoms with Crippen LogP contribution in [0, 0.1) is 6.92 Å². The average molecular weight is 506 g/mol. The molecule has 0 radical (unpaired) electrons. The zero-order valence-electron chi connectivity index (χ0n) is 20.6. The summed E-state index contributed by atoms with van der Waals surface area (Å²) in [6.07, 6.45) is -3.44. The molecule has 194 valence electrons. The number of hydrogen-bond donors (Lipinski definition) is 1. The van der Waals surface area contributed by atoms with Gasteiger partial charge in [-0.15, -0.1) is 0 Å². The number of rotatable bonds is 4. The van der Waals surface area contributed by atoms with Crippen molar-refractivity contribution in [2.45, 2.75) is 44.5 Å². The van der Waals surface area contributed by atoms with Gasteiger partial charge in [0.05, 0.1) is 31.2 Å². The Kier molecular flexibility index (Phi) is 6.32. The van der Waals surface area contributed by atoms with E-state index in [9.17, 15) is 18.0 Å². The summed E-state index contributed by atoms with van der Waals surface area (Å²) in [4.78, 5) is 26.6. The number of amidine groups is 1. The van der Waals surface area contributed by atoms with Crippen molar-refractivity contribution in [3.05, 3.63) is 46.2 Å². The Morgan fingerprint density at radius 2 is 2.00 bits per heavy atom. The number of benzene rings is 1. The number of amides is 1. The van der Waals surface area contributed by atoms with Crippen LogP contribution in [0.1, 0.15) is 42.5 Å². The molecule has 8 nitrogen and oxygen atoms in total. The van der Waals surface area contributed by atoms with Crippen molar-refractivity contribution >= 4 is 17.7 Å². The molecule has 4 heterocycles. The number of ether oxygens (including phenoxy) is 2. The van der Waals surface area contributed by atoms with Crippen LogP contribution < -0.4 is 5.32 Å². The van der Waals surface area contributed by atoms with E-state index in [0.29, 0.717) is 69.6 Å². The fourth-order valence-electron chi connectivity index (χ4n) is 5.50. The first-order chi connectivity index (χ1) is 17.1. The lowest BCUT2D eigenvalue weighted by Gasteiger charge is -2.37. The molecule has 1 aromatic carbocycles. The molecule has 11 heteroatoms. The topological polar surface area (TPSA) is 78.8 Å². The SMILES string of the molecule is COC1(C(=O)N2CC3=C(C2)N2CCN=C2N=C3N[C@H](C)c2cccc(C(F)(F)F)c2C)CCOCC1. The Bertz CT molecular complexity index is 1150. The number of methoxy groups -OCH3 is 1. The maximum atomic E-state index is 13.6. The monoisotopic (exact) mass is 505 g/mol. The number of nitrogens with zero attached hydrogens (tertiary/aromatic N) is 4. The van der Waals surface area contributed by atoms with Gasteiger partial charge in [0.25, 0.3) is 5.91 Å². The van der Waals surface area contributed by atoms with E-state index in [1.165, 1.54) is 13.0 Å². The standard InChI is InChI=1S/C25H30F3N5O3/c1-15-17(5-4-6-19(15)25(26,27)28)16(2)30-21-18-13-32(14-20(18)33-10-9-29-23(33)31-21)22(34)24(35-3)7-11-36-12-8-24/h4-6,16H,7-14H2,1-3H3,(H,29,30,31)/t16-/m1/s1. The number of alkyl halides is 3. The molecule has 1 fully saturated rings. The van der Waals surface area contributed by atoms with Gasteiger partial charge in [-0.25, -0.2) is 4.99 Å². The Labute approximate surface area is 207 Å². The van der Waals surface area contributed by atoms with E-state index in [1.54, 1.807) is 18.1 Å². The van der Waals surface area contributed by atoms with Gasteiger partial charge in [-0.1, -0.05) is 12.1 Å². The van der Waals surface area contributed by atoms with Crippen LogP contribution in [0.15, 0.2) is 39.5 Å². The van der Waals surface area contributed by atoms with Crippen LogP contribution in [0.2, 0.25) is 0 Å². The lowest BCUT2D eigenvalue weighted by atomic mass is 9.92. The van der Waals surface area contributed by atoms with Crippen LogP contribution in [-0.4, -0.2) is 79.6 Å². The number of nitrogens with one attached hydrogen (secondary N) is 1. The molecule has 0 bridgehead atoms.